The molecule has 19 heavy (non-hydrogen) atoms. The first-order valence-corrected chi connectivity index (χ1v) is 5.80. The second-order valence-corrected chi connectivity index (χ2v) is 3.98. The summed E-state index contributed by atoms with van der Waals surface area (Å²) in [5.74, 6) is 1.94. The summed E-state index contributed by atoms with van der Waals surface area (Å²) < 4.78 is 10.8. The molecule has 0 heterocycles. The molecule has 0 radical (unpaired) electrons. The number of methoxy groups -OCH3 is 1. The lowest BCUT2D eigenvalue weighted by atomic mass is 10.2. The highest BCUT2D eigenvalue weighted by atomic mass is 16.5. The summed E-state index contributed by atoms with van der Waals surface area (Å²) in [4.78, 5) is 0. The maximum absolute atomic E-state index is 8.60. The number of nitriles is 1. The fraction of sp³-hybridized carbons (Fsp3) is 0.133. The normalized spacial score (nSPS) is 9.68. The third-order valence-corrected chi connectivity index (χ3v) is 2.65. The fourth-order valence-corrected chi connectivity index (χ4v) is 1.66. The van der Waals surface area contributed by atoms with Crippen LogP contribution in [0.3, 0.4) is 0 Å². The number of benzene rings is 2. The molecule has 96 valence electrons. The number of nitrogens with zero attached hydrogens (tertiary/aromatic N) is 1. The average Bonchev–Trinajstić information content (AvgIpc) is 2.43. The van der Waals surface area contributed by atoms with Crippen molar-refractivity contribution in [3.05, 3.63) is 48.0 Å². The Hall–Kier alpha value is -2.67. The Bertz CT molecular complexity index is 601. The zero-order chi connectivity index (χ0) is 13.7. The van der Waals surface area contributed by atoms with Crippen LogP contribution in [0.2, 0.25) is 0 Å². The smallest absolute Gasteiger partial charge is 0.145 e. The van der Waals surface area contributed by atoms with E-state index in [4.69, 9.17) is 20.5 Å². The van der Waals surface area contributed by atoms with Gasteiger partial charge in [-0.25, -0.2) is 0 Å². The minimum atomic E-state index is 0.399. The molecule has 0 aliphatic rings. The largest absolute Gasteiger partial charge is 0.494 e. The van der Waals surface area contributed by atoms with E-state index in [0.29, 0.717) is 29.4 Å². The van der Waals surface area contributed by atoms with Gasteiger partial charge in [0.15, 0.2) is 0 Å². The van der Waals surface area contributed by atoms with Gasteiger partial charge in [0, 0.05) is 6.07 Å². The molecule has 2 aromatic carbocycles. The molecule has 0 saturated carbocycles. The van der Waals surface area contributed by atoms with Crippen LogP contribution >= 0.6 is 0 Å². The molecule has 4 heteroatoms. The minimum Gasteiger partial charge on any atom is -0.494 e. The molecule has 0 aliphatic carbocycles. The summed E-state index contributed by atoms with van der Waals surface area (Å²) in [6.45, 7) is 0. The van der Waals surface area contributed by atoms with Gasteiger partial charge in [-0.15, -0.1) is 0 Å². The lowest BCUT2D eigenvalue weighted by Crippen LogP contribution is -1.93. The Balaban J connectivity index is 2.14. The second-order valence-electron chi connectivity index (χ2n) is 3.98. The van der Waals surface area contributed by atoms with E-state index in [-0.39, 0.29) is 0 Å². The Kier molecular flexibility index (Phi) is 3.89. The first-order valence-electron chi connectivity index (χ1n) is 5.80. The van der Waals surface area contributed by atoms with Crippen LogP contribution in [0.25, 0.3) is 0 Å². The van der Waals surface area contributed by atoms with E-state index in [2.05, 4.69) is 6.07 Å². The topological polar surface area (TPSA) is 68.3 Å². The van der Waals surface area contributed by atoms with Crippen molar-refractivity contribution in [2.75, 3.05) is 12.8 Å². The molecule has 0 aromatic heterocycles. The molecular formula is C15H14N2O2. The zero-order valence-corrected chi connectivity index (χ0v) is 10.6. The zero-order valence-electron chi connectivity index (χ0n) is 10.6. The molecule has 0 atom stereocenters. The summed E-state index contributed by atoms with van der Waals surface area (Å²) in [7, 11) is 1.56. The number of hydrogen-bond donors (Lipinski definition) is 1. The standard InChI is InChI=1S/C15H14N2O2/c1-18-15-10-13(6-7-14(15)17)19-12-4-2-11(3-5-12)8-9-16/h2-7,10H,8,17H2,1H3. The van der Waals surface area contributed by atoms with Gasteiger partial charge in [0.2, 0.25) is 0 Å². The first-order chi connectivity index (χ1) is 9.22. The van der Waals surface area contributed by atoms with E-state index < -0.39 is 0 Å². The van der Waals surface area contributed by atoms with Crippen LogP contribution in [-0.2, 0) is 6.42 Å². The van der Waals surface area contributed by atoms with E-state index in [0.717, 1.165) is 5.56 Å². The molecule has 2 aromatic rings. The van der Waals surface area contributed by atoms with E-state index in [9.17, 15) is 0 Å². The Morgan fingerprint density at radius 1 is 1.11 bits per heavy atom. The van der Waals surface area contributed by atoms with Gasteiger partial charge in [-0.1, -0.05) is 12.1 Å². The summed E-state index contributed by atoms with van der Waals surface area (Å²) in [5.41, 5.74) is 7.27. The highest BCUT2D eigenvalue weighted by Crippen LogP contribution is 2.29. The lowest BCUT2D eigenvalue weighted by molar-refractivity contribution is 0.411. The first kappa shape index (κ1) is 12.8. The molecule has 0 fully saturated rings. The van der Waals surface area contributed by atoms with Crippen LogP contribution in [-0.4, -0.2) is 7.11 Å². The molecule has 2 rings (SSSR count). The SMILES string of the molecule is COc1cc(Oc2ccc(CC#N)cc2)ccc1N. The number of hydrogen-bond acceptors (Lipinski definition) is 4. The predicted octanol–water partition coefficient (Wildman–Crippen LogP) is 3.14. The van der Waals surface area contributed by atoms with E-state index in [1.165, 1.54) is 0 Å². The fourth-order valence-electron chi connectivity index (χ4n) is 1.66. The van der Waals surface area contributed by atoms with Crippen molar-refractivity contribution >= 4 is 5.69 Å². The quantitative estimate of drug-likeness (QED) is 0.851. The van der Waals surface area contributed by atoms with Crippen LogP contribution in [0.4, 0.5) is 5.69 Å². The van der Waals surface area contributed by atoms with Gasteiger partial charge < -0.3 is 15.2 Å². The molecule has 0 amide bonds. The number of nitrogen functional groups attached to an aromatic ring is 1. The summed E-state index contributed by atoms with van der Waals surface area (Å²) in [5, 5.41) is 8.60. The molecule has 0 spiro atoms. The molecular weight excluding hydrogens is 240 g/mol. The number of ether oxygens (including phenoxy) is 2. The van der Waals surface area contributed by atoms with Crippen molar-refractivity contribution < 1.29 is 9.47 Å². The summed E-state index contributed by atoms with van der Waals surface area (Å²) >= 11 is 0. The Morgan fingerprint density at radius 3 is 2.42 bits per heavy atom. The van der Waals surface area contributed by atoms with Gasteiger partial charge in [-0.05, 0) is 29.8 Å². The van der Waals surface area contributed by atoms with Gasteiger partial charge in [-0.3, -0.25) is 0 Å². The monoisotopic (exact) mass is 254 g/mol. The number of rotatable bonds is 4. The second kappa shape index (κ2) is 5.78. The highest BCUT2D eigenvalue weighted by Gasteiger charge is 2.03. The molecule has 0 aliphatic heterocycles. The van der Waals surface area contributed by atoms with E-state index in [1.807, 2.05) is 24.3 Å². The van der Waals surface area contributed by atoms with Gasteiger partial charge in [-0.2, -0.15) is 5.26 Å². The van der Waals surface area contributed by atoms with Crippen molar-refractivity contribution in [1.29, 1.82) is 5.26 Å². The Labute approximate surface area is 112 Å². The minimum absolute atomic E-state index is 0.399. The van der Waals surface area contributed by atoms with Crippen molar-refractivity contribution in [3.8, 4) is 23.3 Å². The van der Waals surface area contributed by atoms with Crippen molar-refractivity contribution in [1.82, 2.24) is 0 Å². The van der Waals surface area contributed by atoms with Crippen LogP contribution in [0.15, 0.2) is 42.5 Å². The lowest BCUT2D eigenvalue weighted by Gasteiger charge is -2.09. The van der Waals surface area contributed by atoms with E-state index in [1.54, 1.807) is 25.3 Å². The molecule has 4 nitrogen and oxygen atoms in total. The molecule has 0 saturated heterocycles. The summed E-state index contributed by atoms with van der Waals surface area (Å²) in [6.07, 6.45) is 0.399. The van der Waals surface area contributed by atoms with Gasteiger partial charge >= 0.3 is 0 Å². The van der Waals surface area contributed by atoms with Gasteiger partial charge in [0.1, 0.15) is 17.2 Å². The van der Waals surface area contributed by atoms with Crippen LogP contribution < -0.4 is 15.2 Å². The van der Waals surface area contributed by atoms with Crippen molar-refractivity contribution in [3.63, 3.8) is 0 Å². The van der Waals surface area contributed by atoms with E-state index >= 15 is 0 Å². The van der Waals surface area contributed by atoms with Crippen LogP contribution in [0.1, 0.15) is 5.56 Å². The molecule has 0 unspecified atom stereocenters. The highest BCUT2D eigenvalue weighted by molar-refractivity contribution is 5.56. The molecule has 0 bridgehead atoms. The third kappa shape index (κ3) is 3.17. The van der Waals surface area contributed by atoms with Gasteiger partial charge in [0.05, 0.1) is 25.3 Å². The maximum Gasteiger partial charge on any atom is 0.145 e. The van der Waals surface area contributed by atoms with Crippen LogP contribution in [0, 0.1) is 11.3 Å². The predicted molar refractivity (Wildman–Crippen MR) is 73.2 cm³/mol. The van der Waals surface area contributed by atoms with Gasteiger partial charge in [0.25, 0.3) is 0 Å². The Morgan fingerprint density at radius 2 is 1.79 bits per heavy atom. The van der Waals surface area contributed by atoms with Crippen molar-refractivity contribution in [2.45, 2.75) is 6.42 Å². The number of anilines is 1. The number of nitrogens with two attached hydrogens (primary N) is 1. The third-order valence-electron chi connectivity index (χ3n) is 2.65. The molecule has 2 N–H and O–H groups in total. The summed E-state index contributed by atoms with van der Waals surface area (Å²) in [6, 6.07) is 14.7. The maximum atomic E-state index is 8.60. The van der Waals surface area contributed by atoms with Crippen LogP contribution in [0.5, 0.6) is 17.2 Å². The van der Waals surface area contributed by atoms with Crippen molar-refractivity contribution in [2.24, 2.45) is 0 Å². The average molecular weight is 254 g/mol.